The smallest absolute Gasteiger partial charge is 0.328 e. The average Bonchev–Trinajstić information content (AvgIpc) is 2.44. The molecule has 2 rings (SSSR count). The molecule has 5 nitrogen and oxygen atoms in total. The van der Waals surface area contributed by atoms with Gasteiger partial charge in [0.1, 0.15) is 0 Å². The zero-order valence-corrected chi connectivity index (χ0v) is 13.4. The number of benzene rings is 1. The largest absolute Gasteiger partial charge is 0.478 e. The minimum absolute atomic E-state index is 0.0720. The SMILES string of the molecule is O=C(O)/C=C/c1cnc(Oc2cc(Cl)c(Br)cc2Cl)nc1. The molecule has 1 heterocycles. The Morgan fingerprint density at radius 1 is 1.24 bits per heavy atom. The number of hydrogen-bond donors (Lipinski definition) is 1. The Kier molecular flexibility index (Phi) is 5.17. The van der Waals surface area contributed by atoms with Crippen molar-refractivity contribution in [2.24, 2.45) is 0 Å². The van der Waals surface area contributed by atoms with Gasteiger partial charge in [-0.1, -0.05) is 23.2 Å². The first kappa shape index (κ1) is 15.8. The Morgan fingerprint density at radius 3 is 2.52 bits per heavy atom. The summed E-state index contributed by atoms with van der Waals surface area (Å²) in [6.07, 6.45) is 5.21. The fourth-order valence-electron chi connectivity index (χ4n) is 1.31. The van der Waals surface area contributed by atoms with Crippen molar-refractivity contribution in [2.45, 2.75) is 0 Å². The number of carbonyl (C=O) groups is 1. The van der Waals surface area contributed by atoms with E-state index in [9.17, 15) is 4.79 Å². The van der Waals surface area contributed by atoms with Gasteiger partial charge in [-0.05, 0) is 28.1 Å². The molecule has 1 N–H and O–H groups in total. The number of nitrogens with zero attached hydrogens (tertiary/aromatic N) is 2. The molecular weight excluding hydrogens is 383 g/mol. The van der Waals surface area contributed by atoms with Crippen LogP contribution in [0, 0.1) is 0 Å². The second-order valence-electron chi connectivity index (χ2n) is 3.77. The van der Waals surface area contributed by atoms with E-state index in [1.165, 1.54) is 24.5 Å². The van der Waals surface area contributed by atoms with E-state index in [4.69, 9.17) is 33.0 Å². The number of rotatable bonds is 4. The van der Waals surface area contributed by atoms with Crippen LogP contribution in [0.15, 0.2) is 35.1 Å². The highest BCUT2D eigenvalue weighted by Gasteiger charge is 2.09. The fourth-order valence-corrected chi connectivity index (χ4v) is 2.14. The summed E-state index contributed by atoms with van der Waals surface area (Å²) in [7, 11) is 0. The van der Waals surface area contributed by atoms with E-state index >= 15 is 0 Å². The maximum atomic E-state index is 10.4. The van der Waals surface area contributed by atoms with Crippen molar-refractivity contribution < 1.29 is 14.6 Å². The molecule has 21 heavy (non-hydrogen) atoms. The molecule has 108 valence electrons. The van der Waals surface area contributed by atoms with Crippen molar-refractivity contribution in [3.63, 3.8) is 0 Å². The molecule has 8 heteroatoms. The molecule has 0 fully saturated rings. The topological polar surface area (TPSA) is 72.3 Å². The maximum absolute atomic E-state index is 10.4. The Hall–Kier alpha value is -1.63. The molecule has 0 amide bonds. The lowest BCUT2D eigenvalue weighted by Crippen LogP contribution is -1.93. The Labute approximate surface area is 138 Å². The van der Waals surface area contributed by atoms with Gasteiger partial charge in [0.15, 0.2) is 5.75 Å². The molecule has 0 radical (unpaired) electrons. The van der Waals surface area contributed by atoms with Crippen molar-refractivity contribution in [2.75, 3.05) is 0 Å². The summed E-state index contributed by atoms with van der Waals surface area (Å²) in [6.45, 7) is 0. The van der Waals surface area contributed by atoms with Crippen LogP contribution in [0.3, 0.4) is 0 Å². The van der Waals surface area contributed by atoms with E-state index in [0.717, 1.165) is 6.08 Å². The van der Waals surface area contributed by atoms with Crippen LogP contribution in [0.4, 0.5) is 0 Å². The van der Waals surface area contributed by atoms with Gasteiger partial charge in [0.2, 0.25) is 0 Å². The van der Waals surface area contributed by atoms with Crippen molar-refractivity contribution >= 4 is 51.2 Å². The van der Waals surface area contributed by atoms with Crippen LogP contribution < -0.4 is 4.74 Å². The number of carboxylic acid groups (broad SMARTS) is 1. The van der Waals surface area contributed by atoms with E-state index in [1.807, 2.05) is 0 Å². The van der Waals surface area contributed by atoms with Crippen LogP contribution >= 0.6 is 39.1 Å². The minimum Gasteiger partial charge on any atom is -0.478 e. The van der Waals surface area contributed by atoms with Crippen LogP contribution in [-0.4, -0.2) is 21.0 Å². The second-order valence-corrected chi connectivity index (χ2v) is 5.44. The molecule has 0 aliphatic carbocycles. The summed E-state index contributed by atoms with van der Waals surface area (Å²) in [4.78, 5) is 18.3. The molecule has 0 atom stereocenters. The summed E-state index contributed by atoms with van der Waals surface area (Å²) < 4.78 is 6.08. The first-order chi connectivity index (χ1) is 9.95. The summed E-state index contributed by atoms with van der Waals surface area (Å²) in [5.41, 5.74) is 0.532. The van der Waals surface area contributed by atoms with E-state index in [2.05, 4.69) is 25.9 Å². The highest BCUT2D eigenvalue weighted by Crippen LogP contribution is 2.35. The Balaban J connectivity index is 2.17. The quantitative estimate of drug-likeness (QED) is 0.618. The molecule has 0 unspecified atom stereocenters. The van der Waals surface area contributed by atoms with E-state index in [0.29, 0.717) is 25.8 Å². The molecule has 1 aromatic heterocycles. The number of carboxylic acids is 1. The normalized spacial score (nSPS) is 10.8. The van der Waals surface area contributed by atoms with Crippen molar-refractivity contribution in [3.05, 3.63) is 50.7 Å². The number of halogens is 3. The minimum atomic E-state index is -1.05. The van der Waals surface area contributed by atoms with Gasteiger partial charge in [-0.15, -0.1) is 0 Å². The fraction of sp³-hybridized carbons (Fsp3) is 0. The monoisotopic (exact) mass is 388 g/mol. The predicted molar refractivity (Wildman–Crippen MR) is 82.9 cm³/mol. The predicted octanol–water partition coefficient (Wildman–Crippen LogP) is 4.44. The van der Waals surface area contributed by atoms with Crippen molar-refractivity contribution in [1.82, 2.24) is 9.97 Å². The lowest BCUT2D eigenvalue weighted by molar-refractivity contribution is -0.131. The third-order valence-electron chi connectivity index (χ3n) is 2.24. The van der Waals surface area contributed by atoms with Crippen LogP contribution in [-0.2, 0) is 4.79 Å². The van der Waals surface area contributed by atoms with E-state index < -0.39 is 5.97 Å². The second kappa shape index (κ2) is 6.89. The van der Waals surface area contributed by atoms with Gasteiger partial charge >= 0.3 is 12.0 Å². The molecule has 1 aromatic carbocycles. The van der Waals surface area contributed by atoms with Crippen LogP contribution in [0.2, 0.25) is 10.0 Å². The van der Waals surface area contributed by atoms with Gasteiger partial charge < -0.3 is 9.84 Å². The highest BCUT2D eigenvalue weighted by molar-refractivity contribution is 9.10. The van der Waals surface area contributed by atoms with Gasteiger partial charge in [0.25, 0.3) is 0 Å². The molecular formula is C13H7BrCl2N2O3. The maximum Gasteiger partial charge on any atom is 0.328 e. The van der Waals surface area contributed by atoms with E-state index in [-0.39, 0.29) is 6.01 Å². The third kappa shape index (κ3) is 4.42. The summed E-state index contributed by atoms with van der Waals surface area (Å²) in [6, 6.07) is 3.21. The van der Waals surface area contributed by atoms with Gasteiger partial charge in [0, 0.05) is 34.6 Å². The van der Waals surface area contributed by atoms with Crippen molar-refractivity contribution in [3.8, 4) is 11.8 Å². The van der Waals surface area contributed by atoms with Crippen LogP contribution in [0.5, 0.6) is 11.8 Å². The summed E-state index contributed by atoms with van der Waals surface area (Å²) in [5.74, 6) is -0.731. The number of hydrogen-bond acceptors (Lipinski definition) is 4. The summed E-state index contributed by atoms with van der Waals surface area (Å²) in [5, 5.41) is 9.31. The third-order valence-corrected chi connectivity index (χ3v) is 3.73. The lowest BCUT2D eigenvalue weighted by Gasteiger charge is -2.07. The zero-order valence-electron chi connectivity index (χ0n) is 10.3. The average molecular weight is 390 g/mol. The van der Waals surface area contributed by atoms with Crippen LogP contribution in [0.1, 0.15) is 5.56 Å². The number of aliphatic carboxylic acids is 1. The molecule has 0 saturated heterocycles. The van der Waals surface area contributed by atoms with Gasteiger partial charge in [-0.25, -0.2) is 14.8 Å². The zero-order chi connectivity index (χ0) is 15.4. The number of aromatic nitrogens is 2. The summed E-state index contributed by atoms with van der Waals surface area (Å²) >= 11 is 15.2. The molecule has 2 aromatic rings. The molecule has 0 spiro atoms. The molecule has 0 bridgehead atoms. The van der Waals surface area contributed by atoms with Crippen molar-refractivity contribution in [1.29, 1.82) is 0 Å². The van der Waals surface area contributed by atoms with Gasteiger partial charge in [-0.3, -0.25) is 0 Å². The Morgan fingerprint density at radius 2 is 1.90 bits per heavy atom. The molecule has 0 aliphatic rings. The molecule has 0 saturated carbocycles. The highest BCUT2D eigenvalue weighted by atomic mass is 79.9. The van der Waals surface area contributed by atoms with Crippen LogP contribution in [0.25, 0.3) is 6.08 Å². The Bertz CT molecular complexity index is 705. The lowest BCUT2D eigenvalue weighted by atomic mass is 10.3. The van der Waals surface area contributed by atoms with Gasteiger partial charge in [0.05, 0.1) is 10.0 Å². The van der Waals surface area contributed by atoms with E-state index in [1.54, 1.807) is 6.07 Å². The first-order valence-corrected chi connectivity index (χ1v) is 7.06. The number of ether oxygens (including phenoxy) is 1. The first-order valence-electron chi connectivity index (χ1n) is 5.51. The standard InChI is InChI=1S/C13H7BrCl2N2O3/c14-8-3-10(16)11(4-9(8)15)21-13-17-5-7(6-18-13)1-2-12(19)20/h1-6H,(H,19,20)/b2-1+. The van der Waals surface area contributed by atoms with Gasteiger partial charge in [-0.2, -0.15) is 0 Å². The molecule has 0 aliphatic heterocycles.